The number of carbonyl (C=O) groups is 1. The van der Waals surface area contributed by atoms with Gasteiger partial charge in [0.05, 0.1) is 13.1 Å². The average molecular weight is 364 g/mol. The Kier molecular flexibility index (Phi) is 5.98. The van der Waals surface area contributed by atoms with Crippen LogP contribution in [0.25, 0.3) is 11.4 Å². The van der Waals surface area contributed by atoms with Crippen molar-refractivity contribution < 1.29 is 9.32 Å². The van der Waals surface area contributed by atoms with E-state index in [1.807, 2.05) is 67.4 Å². The molecule has 140 valence electrons. The fraction of sp³-hybridized carbons (Fsp3) is 0.286. The Morgan fingerprint density at radius 1 is 1.19 bits per heavy atom. The van der Waals surface area contributed by atoms with E-state index in [-0.39, 0.29) is 12.5 Å². The van der Waals surface area contributed by atoms with Gasteiger partial charge in [-0.25, -0.2) is 0 Å². The van der Waals surface area contributed by atoms with Crippen molar-refractivity contribution in [3.05, 3.63) is 65.5 Å². The topological polar surface area (TPSA) is 71.3 Å². The van der Waals surface area contributed by atoms with Crippen molar-refractivity contribution >= 4 is 11.6 Å². The maximum absolute atomic E-state index is 12.3. The van der Waals surface area contributed by atoms with Gasteiger partial charge < -0.3 is 9.84 Å². The minimum atomic E-state index is -0.0724. The van der Waals surface area contributed by atoms with Crippen LogP contribution in [-0.4, -0.2) is 34.5 Å². The molecule has 0 bridgehead atoms. The summed E-state index contributed by atoms with van der Waals surface area (Å²) in [4.78, 5) is 18.6. The SMILES string of the molecule is CCc1ccccc1NC(=O)CN(C)Cc1nc(-c2cccc(C)c2)no1. The number of anilines is 1. The number of benzene rings is 2. The lowest BCUT2D eigenvalue weighted by atomic mass is 10.1. The second-order valence-electron chi connectivity index (χ2n) is 6.61. The molecule has 1 heterocycles. The highest BCUT2D eigenvalue weighted by molar-refractivity contribution is 5.92. The van der Waals surface area contributed by atoms with E-state index < -0.39 is 0 Å². The van der Waals surface area contributed by atoms with Crippen LogP contribution in [0.1, 0.15) is 23.9 Å². The number of aromatic nitrogens is 2. The minimum Gasteiger partial charge on any atom is -0.338 e. The number of para-hydroxylation sites is 1. The Labute approximate surface area is 159 Å². The largest absolute Gasteiger partial charge is 0.338 e. The van der Waals surface area contributed by atoms with Crippen LogP contribution >= 0.6 is 0 Å². The summed E-state index contributed by atoms with van der Waals surface area (Å²) in [6.07, 6.45) is 0.871. The predicted octanol–water partition coefficient (Wildman–Crippen LogP) is 3.68. The van der Waals surface area contributed by atoms with E-state index in [1.54, 1.807) is 0 Å². The molecule has 3 rings (SSSR count). The third kappa shape index (κ3) is 5.01. The highest BCUT2D eigenvalue weighted by Crippen LogP contribution is 2.18. The molecule has 6 nitrogen and oxygen atoms in total. The van der Waals surface area contributed by atoms with E-state index in [9.17, 15) is 4.79 Å². The molecule has 0 saturated carbocycles. The van der Waals surface area contributed by atoms with Gasteiger partial charge >= 0.3 is 0 Å². The summed E-state index contributed by atoms with van der Waals surface area (Å²) in [5.74, 6) is 0.969. The number of likely N-dealkylation sites (N-methyl/N-ethyl adjacent to an activating group) is 1. The molecule has 0 radical (unpaired) electrons. The molecule has 27 heavy (non-hydrogen) atoms. The number of rotatable bonds is 7. The standard InChI is InChI=1S/C21H24N4O2/c1-4-16-9-5-6-11-18(16)22-19(26)13-25(3)14-20-23-21(24-27-20)17-10-7-8-15(2)12-17/h5-12H,4,13-14H2,1-3H3,(H,22,26). The summed E-state index contributed by atoms with van der Waals surface area (Å²) in [6.45, 7) is 4.73. The highest BCUT2D eigenvalue weighted by Gasteiger charge is 2.14. The van der Waals surface area contributed by atoms with Crippen molar-refractivity contribution in [1.82, 2.24) is 15.0 Å². The number of nitrogens with one attached hydrogen (secondary N) is 1. The number of hydrogen-bond acceptors (Lipinski definition) is 5. The Morgan fingerprint density at radius 2 is 2.00 bits per heavy atom. The van der Waals surface area contributed by atoms with Gasteiger partial charge in [-0.05, 0) is 38.1 Å². The van der Waals surface area contributed by atoms with Gasteiger partial charge in [0.25, 0.3) is 0 Å². The van der Waals surface area contributed by atoms with Gasteiger partial charge in [0.15, 0.2) is 0 Å². The molecule has 0 spiro atoms. The van der Waals surface area contributed by atoms with Gasteiger partial charge in [0.1, 0.15) is 0 Å². The molecule has 1 amide bonds. The Balaban J connectivity index is 1.58. The molecule has 2 aromatic carbocycles. The zero-order chi connectivity index (χ0) is 19.2. The maximum Gasteiger partial charge on any atom is 0.241 e. The number of aryl methyl sites for hydroxylation is 2. The first kappa shape index (κ1) is 18.8. The normalized spacial score (nSPS) is 11.0. The smallest absolute Gasteiger partial charge is 0.241 e. The van der Waals surface area contributed by atoms with E-state index in [1.165, 1.54) is 0 Å². The lowest BCUT2D eigenvalue weighted by Gasteiger charge is -2.15. The first-order valence-corrected chi connectivity index (χ1v) is 9.01. The number of hydrogen-bond donors (Lipinski definition) is 1. The van der Waals surface area contributed by atoms with Crippen LogP contribution < -0.4 is 5.32 Å². The van der Waals surface area contributed by atoms with Gasteiger partial charge in [0.2, 0.25) is 17.6 Å². The van der Waals surface area contributed by atoms with Crippen LogP contribution in [0, 0.1) is 6.92 Å². The van der Waals surface area contributed by atoms with E-state index in [0.29, 0.717) is 18.3 Å². The Hall–Kier alpha value is -2.99. The van der Waals surface area contributed by atoms with Crippen molar-refractivity contribution in [2.75, 3.05) is 18.9 Å². The molecule has 3 aromatic rings. The molecule has 1 N–H and O–H groups in total. The Morgan fingerprint density at radius 3 is 2.78 bits per heavy atom. The fourth-order valence-electron chi connectivity index (χ4n) is 2.89. The van der Waals surface area contributed by atoms with Gasteiger partial charge in [-0.2, -0.15) is 4.98 Å². The van der Waals surface area contributed by atoms with Gasteiger partial charge in [-0.1, -0.05) is 54.0 Å². The first-order valence-electron chi connectivity index (χ1n) is 9.01. The molecule has 0 fully saturated rings. The molecule has 0 saturated heterocycles. The average Bonchev–Trinajstić information content (AvgIpc) is 3.10. The molecule has 0 aliphatic heterocycles. The highest BCUT2D eigenvalue weighted by atomic mass is 16.5. The van der Waals surface area contributed by atoms with Gasteiger partial charge in [-0.15, -0.1) is 0 Å². The van der Waals surface area contributed by atoms with Crippen molar-refractivity contribution in [3.63, 3.8) is 0 Å². The summed E-state index contributed by atoms with van der Waals surface area (Å²) in [6, 6.07) is 15.8. The van der Waals surface area contributed by atoms with Crippen molar-refractivity contribution in [1.29, 1.82) is 0 Å². The monoisotopic (exact) mass is 364 g/mol. The van der Waals surface area contributed by atoms with Crippen LogP contribution in [0.2, 0.25) is 0 Å². The van der Waals surface area contributed by atoms with E-state index in [4.69, 9.17) is 4.52 Å². The lowest BCUT2D eigenvalue weighted by Crippen LogP contribution is -2.30. The van der Waals surface area contributed by atoms with Gasteiger partial charge in [-0.3, -0.25) is 9.69 Å². The van der Waals surface area contributed by atoms with E-state index >= 15 is 0 Å². The molecular weight excluding hydrogens is 340 g/mol. The summed E-state index contributed by atoms with van der Waals surface area (Å²) in [5.41, 5.74) is 4.03. The van der Waals surface area contributed by atoms with Crippen molar-refractivity contribution in [2.24, 2.45) is 0 Å². The maximum atomic E-state index is 12.3. The summed E-state index contributed by atoms with van der Waals surface area (Å²) >= 11 is 0. The molecule has 1 aromatic heterocycles. The number of carbonyl (C=O) groups excluding carboxylic acids is 1. The zero-order valence-electron chi connectivity index (χ0n) is 15.9. The summed E-state index contributed by atoms with van der Waals surface area (Å²) in [5, 5.41) is 7.01. The van der Waals surface area contributed by atoms with Crippen molar-refractivity contribution in [2.45, 2.75) is 26.8 Å². The summed E-state index contributed by atoms with van der Waals surface area (Å²) < 4.78 is 5.33. The van der Waals surface area contributed by atoms with Crippen LogP contribution in [0.5, 0.6) is 0 Å². The van der Waals surface area contributed by atoms with Crippen molar-refractivity contribution in [3.8, 4) is 11.4 Å². The predicted molar refractivity (Wildman–Crippen MR) is 105 cm³/mol. The first-order chi connectivity index (χ1) is 13.0. The van der Waals surface area contributed by atoms with Crippen LogP contribution in [0.15, 0.2) is 53.1 Å². The van der Waals surface area contributed by atoms with Crippen LogP contribution in [0.3, 0.4) is 0 Å². The quantitative estimate of drug-likeness (QED) is 0.692. The molecule has 0 unspecified atom stereocenters. The second-order valence-corrected chi connectivity index (χ2v) is 6.61. The van der Waals surface area contributed by atoms with E-state index in [2.05, 4.69) is 22.4 Å². The second kappa shape index (κ2) is 8.60. The molecule has 0 aliphatic carbocycles. The number of amides is 1. The molecule has 6 heteroatoms. The third-order valence-electron chi connectivity index (χ3n) is 4.24. The fourth-order valence-corrected chi connectivity index (χ4v) is 2.89. The van der Waals surface area contributed by atoms with Crippen LogP contribution in [-0.2, 0) is 17.8 Å². The lowest BCUT2D eigenvalue weighted by molar-refractivity contribution is -0.117. The molecule has 0 atom stereocenters. The van der Waals surface area contributed by atoms with E-state index in [0.717, 1.165) is 28.8 Å². The third-order valence-corrected chi connectivity index (χ3v) is 4.24. The molecule has 0 aliphatic rings. The summed E-state index contributed by atoms with van der Waals surface area (Å²) in [7, 11) is 1.85. The molecular formula is C21H24N4O2. The van der Waals surface area contributed by atoms with Gasteiger partial charge in [0, 0.05) is 11.3 Å². The Bertz CT molecular complexity index is 920. The minimum absolute atomic E-state index is 0.0724. The zero-order valence-corrected chi connectivity index (χ0v) is 15.9. The van der Waals surface area contributed by atoms with Crippen LogP contribution in [0.4, 0.5) is 5.69 Å². The number of nitrogens with zero attached hydrogens (tertiary/aromatic N) is 3.